The van der Waals surface area contributed by atoms with Gasteiger partial charge in [-0.25, -0.2) is 0 Å². The van der Waals surface area contributed by atoms with Crippen LogP contribution in [0.5, 0.6) is 0 Å². The van der Waals surface area contributed by atoms with E-state index in [1.165, 1.54) is 61.1 Å². The summed E-state index contributed by atoms with van der Waals surface area (Å²) in [6.07, 6.45) is 10.5. The Labute approximate surface area is 248 Å². The van der Waals surface area contributed by atoms with Crippen molar-refractivity contribution in [3.63, 3.8) is 0 Å². The fraction of sp³-hybridized carbons (Fsp3) is 0.122. The Morgan fingerprint density at radius 3 is 2.14 bits per heavy atom. The smallest absolute Gasteiger partial charge is 0.0531 e. The number of aryl methyl sites for hydroxylation is 1. The molecule has 5 aromatic carbocycles. The number of rotatable bonds is 4. The van der Waals surface area contributed by atoms with Crippen LogP contribution in [0.1, 0.15) is 46.9 Å². The van der Waals surface area contributed by atoms with Crippen LogP contribution in [0.25, 0.3) is 33.3 Å². The Morgan fingerprint density at radius 2 is 1.33 bits per heavy atom. The molecule has 8 rings (SSSR count). The summed E-state index contributed by atoms with van der Waals surface area (Å²) in [6, 6.07) is 48.8. The van der Waals surface area contributed by atoms with Gasteiger partial charge in [-0.2, -0.15) is 0 Å². The highest BCUT2D eigenvalue weighted by Gasteiger charge is 2.29. The van der Waals surface area contributed by atoms with Gasteiger partial charge in [0.1, 0.15) is 0 Å². The molecule has 0 bridgehead atoms. The molecule has 0 N–H and O–H groups in total. The van der Waals surface area contributed by atoms with Gasteiger partial charge in [-0.3, -0.25) is 0 Å². The lowest BCUT2D eigenvalue weighted by atomic mass is 9.76. The van der Waals surface area contributed by atoms with Crippen LogP contribution in [0.4, 0.5) is 0 Å². The zero-order valence-corrected chi connectivity index (χ0v) is 23.7. The van der Waals surface area contributed by atoms with Crippen molar-refractivity contribution in [3.05, 3.63) is 180 Å². The minimum absolute atomic E-state index is 0.338. The quantitative estimate of drug-likeness (QED) is 0.210. The predicted molar refractivity (Wildman–Crippen MR) is 176 cm³/mol. The highest BCUT2D eigenvalue weighted by atomic mass is 15.0. The SMILES string of the molecule is C1=C(c2ccccc2)CC(c2ccccc2)C=C1C1CCc2c(ccc3c2ccn3-c2ccccc2)-c2ccccc21. The summed E-state index contributed by atoms with van der Waals surface area (Å²) >= 11 is 0. The van der Waals surface area contributed by atoms with Crippen molar-refractivity contribution in [1.82, 2.24) is 4.57 Å². The fourth-order valence-electron chi connectivity index (χ4n) is 7.27. The van der Waals surface area contributed by atoms with E-state index < -0.39 is 0 Å². The minimum atomic E-state index is 0.338. The number of aromatic nitrogens is 1. The van der Waals surface area contributed by atoms with Crippen molar-refractivity contribution < 1.29 is 0 Å². The number of para-hydroxylation sites is 1. The second-order valence-corrected chi connectivity index (χ2v) is 11.6. The van der Waals surface area contributed by atoms with E-state index in [1.807, 2.05) is 0 Å². The maximum Gasteiger partial charge on any atom is 0.0531 e. The average Bonchev–Trinajstić information content (AvgIpc) is 3.43. The molecule has 2 aliphatic rings. The van der Waals surface area contributed by atoms with E-state index in [-0.39, 0.29) is 0 Å². The van der Waals surface area contributed by atoms with Crippen LogP contribution < -0.4 is 0 Å². The number of allylic oxidation sites excluding steroid dienone is 4. The van der Waals surface area contributed by atoms with Gasteiger partial charge in [-0.15, -0.1) is 0 Å². The summed E-state index contributed by atoms with van der Waals surface area (Å²) in [5, 5.41) is 1.37. The number of hydrogen-bond donors (Lipinski definition) is 0. The largest absolute Gasteiger partial charge is 0.317 e. The third kappa shape index (κ3) is 4.33. The molecule has 0 aliphatic heterocycles. The Balaban J connectivity index is 1.26. The van der Waals surface area contributed by atoms with Gasteiger partial charge in [0.25, 0.3) is 0 Å². The first-order valence-corrected chi connectivity index (χ1v) is 15.1. The summed E-state index contributed by atoms with van der Waals surface area (Å²) in [7, 11) is 0. The molecule has 0 fully saturated rings. The van der Waals surface area contributed by atoms with Crippen LogP contribution in [0.3, 0.4) is 0 Å². The number of nitrogens with zero attached hydrogens (tertiary/aromatic N) is 1. The molecule has 1 heterocycles. The molecule has 1 aromatic heterocycles. The molecule has 202 valence electrons. The molecular formula is C41H33N. The molecule has 2 atom stereocenters. The van der Waals surface area contributed by atoms with Crippen molar-refractivity contribution in [2.75, 3.05) is 0 Å². The van der Waals surface area contributed by atoms with Crippen molar-refractivity contribution in [3.8, 4) is 16.8 Å². The minimum Gasteiger partial charge on any atom is -0.317 e. The number of fused-ring (bicyclic) bond motifs is 5. The molecule has 0 saturated heterocycles. The van der Waals surface area contributed by atoms with E-state index in [2.05, 4.69) is 156 Å². The second kappa shape index (κ2) is 10.5. The molecule has 0 amide bonds. The van der Waals surface area contributed by atoms with Gasteiger partial charge in [0.15, 0.2) is 0 Å². The standard InChI is InChI=1S/C41H33N/c1-4-12-29(13-5-1)31-26-32(30-14-6-2-7-15-30)28-33(27-31)35-20-21-39-38(37-19-11-10-18-36(35)37)22-23-41-40(39)24-25-42(41)34-16-8-3-9-17-34/h1-19,22-25,27-28,31,35H,20-21,26H2. The van der Waals surface area contributed by atoms with Crippen molar-refractivity contribution in [1.29, 1.82) is 0 Å². The Morgan fingerprint density at radius 1 is 0.619 bits per heavy atom. The lowest BCUT2D eigenvalue weighted by molar-refractivity contribution is 0.710. The second-order valence-electron chi connectivity index (χ2n) is 11.6. The monoisotopic (exact) mass is 539 g/mol. The number of hydrogen-bond acceptors (Lipinski definition) is 0. The lowest BCUT2D eigenvalue weighted by Gasteiger charge is -2.28. The van der Waals surface area contributed by atoms with E-state index in [4.69, 9.17) is 0 Å². The maximum atomic E-state index is 2.57. The van der Waals surface area contributed by atoms with Gasteiger partial charge in [-0.05, 0) is 88.1 Å². The summed E-state index contributed by atoms with van der Waals surface area (Å²) in [4.78, 5) is 0. The molecule has 42 heavy (non-hydrogen) atoms. The molecule has 6 aromatic rings. The average molecular weight is 540 g/mol. The van der Waals surface area contributed by atoms with Crippen molar-refractivity contribution >= 4 is 16.5 Å². The molecule has 0 saturated carbocycles. The van der Waals surface area contributed by atoms with E-state index in [0.717, 1.165) is 19.3 Å². The Hall–Kier alpha value is -4.88. The van der Waals surface area contributed by atoms with Crippen molar-refractivity contribution in [2.24, 2.45) is 0 Å². The normalized spacial score (nSPS) is 18.0. The van der Waals surface area contributed by atoms with Crippen LogP contribution in [0.15, 0.2) is 157 Å². The molecular weight excluding hydrogens is 506 g/mol. The van der Waals surface area contributed by atoms with Crippen molar-refractivity contribution in [2.45, 2.75) is 31.1 Å². The molecule has 1 heteroatoms. The summed E-state index contributed by atoms with van der Waals surface area (Å²) < 4.78 is 2.33. The molecule has 1 nitrogen and oxygen atoms in total. The van der Waals surface area contributed by atoms with Gasteiger partial charge in [-0.1, -0.05) is 121 Å². The molecule has 0 radical (unpaired) electrons. The van der Waals surface area contributed by atoms with Gasteiger partial charge in [0.2, 0.25) is 0 Å². The first-order chi connectivity index (χ1) is 20.8. The summed E-state index contributed by atoms with van der Waals surface area (Å²) in [5.41, 5.74) is 13.8. The topological polar surface area (TPSA) is 4.93 Å². The van der Waals surface area contributed by atoms with E-state index in [9.17, 15) is 0 Å². The fourth-order valence-corrected chi connectivity index (χ4v) is 7.27. The zero-order valence-electron chi connectivity index (χ0n) is 23.7. The Kier molecular flexibility index (Phi) is 6.22. The van der Waals surface area contributed by atoms with Gasteiger partial charge in [0.05, 0.1) is 5.52 Å². The highest BCUT2D eigenvalue weighted by molar-refractivity contribution is 5.92. The molecule has 0 spiro atoms. The molecule has 2 unspecified atom stereocenters. The highest BCUT2D eigenvalue weighted by Crippen LogP contribution is 2.47. The van der Waals surface area contributed by atoms with Crippen LogP contribution in [0.2, 0.25) is 0 Å². The zero-order chi connectivity index (χ0) is 27.9. The summed E-state index contributed by atoms with van der Waals surface area (Å²) in [6.45, 7) is 0. The first kappa shape index (κ1) is 24.9. The van der Waals surface area contributed by atoms with Crippen LogP contribution in [-0.2, 0) is 6.42 Å². The van der Waals surface area contributed by atoms with Crippen LogP contribution in [0, 0.1) is 0 Å². The maximum absolute atomic E-state index is 2.57. The van der Waals surface area contributed by atoms with Crippen LogP contribution in [-0.4, -0.2) is 4.57 Å². The summed E-state index contributed by atoms with van der Waals surface area (Å²) in [5.74, 6) is 0.705. The van der Waals surface area contributed by atoms with E-state index >= 15 is 0 Å². The predicted octanol–water partition coefficient (Wildman–Crippen LogP) is 10.5. The van der Waals surface area contributed by atoms with E-state index in [1.54, 1.807) is 0 Å². The Bertz CT molecular complexity index is 1940. The van der Waals surface area contributed by atoms with Gasteiger partial charge >= 0.3 is 0 Å². The number of benzene rings is 5. The first-order valence-electron chi connectivity index (χ1n) is 15.1. The van der Waals surface area contributed by atoms with E-state index in [0.29, 0.717) is 11.8 Å². The van der Waals surface area contributed by atoms with Gasteiger partial charge < -0.3 is 4.57 Å². The van der Waals surface area contributed by atoms with Crippen LogP contribution >= 0.6 is 0 Å². The third-order valence-electron chi connectivity index (χ3n) is 9.28. The lowest BCUT2D eigenvalue weighted by Crippen LogP contribution is -2.10. The third-order valence-corrected chi connectivity index (χ3v) is 9.28. The van der Waals surface area contributed by atoms with Gasteiger partial charge in [0, 0.05) is 29.1 Å². The molecule has 2 aliphatic carbocycles.